The van der Waals surface area contributed by atoms with Gasteiger partial charge in [-0.1, -0.05) is 11.3 Å². The van der Waals surface area contributed by atoms with Gasteiger partial charge in [0.1, 0.15) is 0 Å². The summed E-state index contributed by atoms with van der Waals surface area (Å²) in [5.41, 5.74) is 0. The Morgan fingerprint density at radius 3 is 2.30 bits per heavy atom. The van der Waals surface area contributed by atoms with E-state index in [2.05, 4.69) is 0 Å². The number of hydrogen-bond acceptors (Lipinski definition) is 0. The highest BCUT2D eigenvalue weighted by molar-refractivity contribution is 6.72. The Balaban J connectivity index is 3.71. The molecule has 0 unspecified atom stereocenters. The van der Waals surface area contributed by atoms with Gasteiger partial charge in [-0.25, -0.2) is 0 Å². The fraction of sp³-hybridized carbons (Fsp3) is 0.600. The molecule has 0 aliphatic rings. The van der Waals surface area contributed by atoms with Crippen LogP contribution in [0.5, 0.6) is 0 Å². The molecule has 0 bridgehead atoms. The maximum absolute atomic E-state index is 5.58. The van der Waals surface area contributed by atoms with Crippen LogP contribution in [0.4, 0.5) is 0 Å². The molecule has 60 valence electrons. The normalized spacial score (nSPS) is 13.9. The molecule has 10 heavy (non-hydrogen) atoms. The Labute approximate surface area is 83.3 Å². The highest BCUT2D eigenvalue weighted by Gasteiger charge is 2.03. The molecule has 0 aliphatic heterocycles. The molecule has 0 aliphatic carbocycles. The molecular formula is C5H8Cl4Si. The van der Waals surface area contributed by atoms with Gasteiger partial charge in [0.2, 0.25) is 0 Å². The highest BCUT2D eigenvalue weighted by atomic mass is 35.5. The molecule has 0 amide bonds. The molecule has 0 radical (unpaired) electrons. The SMILES string of the molecule is ClCC=C(CCl)[SiH2]C(Cl)Cl. The first-order chi connectivity index (χ1) is 4.70. The monoisotopic (exact) mass is 236 g/mol. The summed E-state index contributed by atoms with van der Waals surface area (Å²) in [5, 5.41) is 1.13. The molecule has 0 rings (SSSR count). The van der Waals surface area contributed by atoms with Crippen LogP contribution in [0.3, 0.4) is 0 Å². The third kappa shape index (κ3) is 5.87. The molecule has 0 N–H and O–H groups in total. The molecule has 0 spiro atoms. The van der Waals surface area contributed by atoms with E-state index in [1.165, 1.54) is 0 Å². The van der Waals surface area contributed by atoms with Crippen molar-refractivity contribution in [1.82, 2.24) is 0 Å². The predicted molar refractivity (Wildman–Crippen MR) is 53.6 cm³/mol. The molecule has 0 aromatic carbocycles. The first-order valence-corrected chi connectivity index (χ1v) is 6.25. The van der Waals surface area contributed by atoms with Gasteiger partial charge >= 0.3 is 0 Å². The fourth-order valence-electron chi connectivity index (χ4n) is 0.500. The van der Waals surface area contributed by atoms with E-state index in [1.807, 2.05) is 6.08 Å². The second kappa shape index (κ2) is 6.80. The van der Waals surface area contributed by atoms with Crippen molar-refractivity contribution in [1.29, 1.82) is 0 Å². The smallest absolute Gasteiger partial charge is 0.0953 e. The van der Waals surface area contributed by atoms with Gasteiger partial charge in [0.15, 0.2) is 0 Å². The van der Waals surface area contributed by atoms with Crippen LogP contribution in [0.25, 0.3) is 0 Å². The lowest BCUT2D eigenvalue weighted by molar-refractivity contribution is 1.56. The summed E-state index contributed by atoms with van der Waals surface area (Å²) in [6.07, 6.45) is 1.89. The van der Waals surface area contributed by atoms with Crippen molar-refractivity contribution in [3.8, 4) is 0 Å². The topological polar surface area (TPSA) is 0 Å². The molecule has 0 saturated carbocycles. The lowest BCUT2D eigenvalue weighted by atomic mass is 10.6. The van der Waals surface area contributed by atoms with Crippen LogP contribution in [0.2, 0.25) is 0 Å². The molecule has 0 saturated heterocycles. The molecule has 0 atom stereocenters. The van der Waals surface area contributed by atoms with Crippen LogP contribution in [0.1, 0.15) is 0 Å². The molecule has 0 heterocycles. The first-order valence-electron chi connectivity index (χ1n) is 2.78. The van der Waals surface area contributed by atoms with Crippen LogP contribution < -0.4 is 0 Å². The van der Waals surface area contributed by atoms with Crippen molar-refractivity contribution >= 4 is 55.9 Å². The van der Waals surface area contributed by atoms with Crippen molar-refractivity contribution in [2.24, 2.45) is 0 Å². The van der Waals surface area contributed by atoms with Gasteiger partial charge in [-0.05, 0) is 0 Å². The zero-order chi connectivity index (χ0) is 7.98. The Kier molecular flexibility index (Phi) is 7.56. The second-order valence-corrected chi connectivity index (χ2v) is 6.77. The lowest BCUT2D eigenvalue weighted by Gasteiger charge is -2.00. The van der Waals surface area contributed by atoms with Gasteiger partial charge < -0.3 is 0 Å². The quantitative estimate of drug-likeness (QED) is 0.520. The number of allylic oxidation sites excluding steroid dienone is 2. The summed E-state index contributed by atoms with van der Waals surface area (Å²) in [6, 6.07) is 0. The van der Waals surface area contributed by atoms with Crippen LogP contribution in [-0.2, 0) is 0 Å². The van der Waals surface area contributed by atoms with Gasteiger partial charge in [0, 0.05) is 11.8 Å². The minimum atomic E-state index is -0.575. The van der Waals surface area contributed by atoms with Crippen LogP contribution in [0.15, 0.2) is 11.3 Å². The zero-order valence-electron chi connectivity index (χ0n) is 5.29. The van der Waals surface area contributed by atoms with E-state index in [0.717, 1.165) is 5.20 Å². The first kappa shape index (κ1) is 11.1. The Hall–Kier alpha value is 1.12. The average Bonchev–Trinajstić information content (AvgIpc) is 1.86. The van der Waals surface area contributed by atoms with Crippen molar-refractivity contribution < 1.29 is 0 Å². The summed E-state index contributed by atoms with van der Waals surface area (Å²) in [4.78, 5) is 0. The molecular weight excluding hydrogens is 230 g/mol. The Morgan fingerprint density at radius 2 is 2.00 bits per heavy atom. The van der Waals surface area contributed by atoms with Crippen molar-refractivity contribution in [3.63, 3.8) is 0 Å². The Bertz CT molecular complexity index is 112. The summed E-state index contributed by atoms with van der Waals surface area (Å²) in [7, 11) is -0.575. The van der Waals surface area contributed by atoms with Crippen molar-refractivity contribution in [3.05, 3.63) is 11.3 Å². The lowest BCUT2D eigenvalue weighted by Crippen LogP contribution is -2.07. The minimum Gasteiger partial charge on any atom is -0.122 e. The predicted octanol–water partition coefficient (Wildman–Crippen LogP) is 2.28. The van der Waals surface area contributed by atoms with E-state index in [0.29, 0.717) is 11.8 Å². The van der Waals surface area contributed by atoms with Crippen molar-refractivity contribution in [2.45, 2.75) is 4.46 Å². The third-order valence-electron chi connectivity index (χ3n) is 0.954. The molecule has 0 aromatic rings. The fourth-order valence-corrected chi connectivity index (χ4v) is 3.34. The maximum atomic E-state index is 5.58. The van der Waals surface area contributed by atoms with Gasteiger partial charge in [-0.15, -0.1) is 46.4 Å². The van der Waals surface area contributed by atoms with Crippen LogP contribution in [-0.4, -0.2) is 25.7 Å². The molecule has 5 heteroatoms. The second-order valence-electron chi connectivity index (χ2n) is 1.75. The van der Waals surface area contributed by atoms with Crippen LogP contribution in [0, 0.1) is 0 Å². The van der Waals surface area contributed by atoms with E-state index in [9.17, 15) is 0 Å². The van der Waals surface area contributed by atoms with E-state index in [1.54, 1.807) is 0 Å². The summed E-state index contributed by atoms with van der Waals surface area (Å²) >= 11 is 22.2. The standard InChI is InChI=1S/C5H8Cl4Si/c6-2-1-4(3-7)10-5(8)9/h1,5H,2-3,10H2. The van der Waals surface area contributed by atoms with Gasteiger partial charge in [-0.2, -0.15) is 0 Å². The average molecular weight is 238 g/mol. The number of alkyl halides is 4. The summed E-state index contributed by atoms with van der Waals surface area (Å²) in [5.74, 6) is 1.00. The number of rotatable bonds is 4. The van der Waals surface area contributed by atoms with Gasteiger partial charge in [0.25, 0.3) is 0 Å². The van der Waals surface area contributed by atoms with E-state index in [-0.39, 0.29) is 4.46 Å². The van der Waals surface area contributed by atoms with E-state index >= 15 is 0 Å². The maximum Gasteiger partial charge on any atom is 0.0953 e. The molecule has 0 nitrogen and oxygen atoms in total. The molecule has 0 aromatic heterocycles. The zero-order valence-corrected chi connectivity index (χ0v) is 9.73. The van der Waals surface area contributed by atoms with Crippen LogP contribution >= 0.6 is 46.4 Å². The highest BCUT2D eigenvalue weighted by Crippen LogP contribution is 2.06. The minimum absolute atomic E-state index is 0.242. The van der Waals surface area contributed by atoms with Gasteiger partial charge in [0.05, 0.1) is 14.0 Å². The molecule has 0 fully saturated rings. The largest absolute Gasteiger partial charge is 0.122 e. The Morgan fingerprint density at radius 1 is 1.40 bits per heavy atom. The van der Waals surface area contributed by atoms with E-state index < -0.39 is 9.52 Å². The number of halogens is 4. The van der Waals surface area contributed by atoms with Crippen molar-refractivity contribution in [2.75, 3.05) is 11.8 Å². The number of hydrogen-bond donors (Lipinski definition) is 0. The summed E-state index contributed by atoms with van der Waals surface area (Å²) < 4.78 is -0.242. The van der Waals surface area contributed by atoms with E-state index in [4.69, 9.17) is 46.4 Å². The third-order valence-corrected chi connectivity index (χ3v) is 4.07. The summed E-state index contributed by atoms with van der Waals surface area (Å²) in [6.45, 7) is 0. The van der Waals surface area contributed by atoms with Gasteiger partial charge in [-0.3, -0.25) is 0 Å².